The highest BCUT2D eigenvalue weighted by Gasteiger charge is 2.23. The third-order valence-corrected chi connectivity index (χ3v) is 4.64. The second-order valence-electron chi connectivity index (χ2n) is 6.13. The number of nitro groups is 1. The van der Waals surface area contributed by atoms with Gasteiger partial charge in [0, 0.05) is 5.69 Å². The summed E-state index contributed by atoms with van der Waals surface area (Å²) in [6.45, 7) is 9.00. The van der Waals surface area contributed by atoms with E-state index in [1.165, 1.54) is 27.8 Å². The number of nitrogens with zero attached hydrogens (tertiary/aromatic N) is 2. The number of furan rings is 1. The molecule has 1 aliphatic rings. The highest BCUT2D eigenvalue weighted by atomic mass is 16.6. The maximum Gasteiger partial charge on any atom is 0.433 e. The van der Waals surface area contributed by atoms with Crippen LogP contribution < -0.4 is 9.80 Å². The number of hydrogen-bond acceptors (Lipinski definition) is 4. The monoisotopic (exact) mass is 316 g/mol. The Morgan fingerprint density at radius 3 is 2.61 bits per heavy atom. The van der Waals surface area contributed by atoms with Crippen LogP contribution in [0.5, 0.6) is 0 Å². The predicted octanol–water partition coefficient (Wildman–Crippen LogP) is 1.71. The SMILES string of the molecule is Cc1cccc(N2CC[NH+](Cc3ccc([N+](=O)[O-])o3)CC2)c1C. The summed E-state index contributed by atoms with van der Waals surface area (Å²) in [6, 6.07) is 9.58. The fourth-order valence-corrected chi connectivity index (χ4v) is 3.12. The molecule has 0 amide bonds. The van der Waals surface area contributed by atoms with Gasteiger partial charge in [-0.3, -0.25) is 10.1 Å². The van der Waals surface area contributed by atoms with Crippen molar-refractivity contribution in [2.24, 2.45) is 0 Å². The minimum atomic E-state index is -0.489. The standard InChI is InChI=1S/C17H21N3O3/c1-13-4-3-5-16(14(13)2)19-10-8-18(9-11-19)12-15-6-7-17(23-15)20(21)22/h3-7H,8-12H2,1-2H3/p+1. The Kier molecular flexibility index (Phi) is 4.34. The molecule has 3 rings (SSSR count). The van der Waals surface area contributed by atoms with Crippen molar-refractivity contribution in [2.45, 2.75) is 20.4 Å². The molecular weight excluding hydrogens is 294 g/mol. The summed E-state index contributed by atoms with van der Waals surface area (Å²) in [7, 11) is 0. The number of hydrogen-bond donors (Lipinski definition) is 1. The Labute approximate surface area is 135 Å². The molecular formula is C17H22N3O3+. The molecule has 0 aliphatic carbocycles. The van der Waals surface area contributed by atoms with Crippen molar-refractivity contribution < 1.29 is 14.2 Å². The van der Waals surface area contributed by atoms with E-state index in [9.17, 15) is 10.1 Å². The van der Waals surface area contributed by atoms with E-state index >= 15 is 0 Å². The third kappa shape index (κ3) is 3.37. The van der Waals surface area contributed by atoms with Gasteiger partial charge in [-0.1, -0.05) is 12.1 Å². The molecule has 122 valence electrons. The van der Waals surface area contributed by atoms with Crippen molar-refractivity contribution in [1.82, 2.24) is 0 Å². The fraction of sp³-hybridized carbons (Fsp3) is 0.412. The van der Waals surface area contributed by atoms with E-state index in [-0.39, 0.29) is 5.88 Å². The summed E-state index contributed by atoms with van der Waals surface area (Å²) in [4.78, 5) is 14.0. The molecule has 0 bridgehead atoms. The van der Waals surface area contributed by atoms with Crippen LogP contribution in [0.25, 0.3) is 0 Å². The van der Waals surface area contributed by atoms with Gasteiger partial charge in [0.15, 0.2) is 5.76 Å². The summed E-state index contributed by atoms with van der Waals surface area (Å²) in [5, 5.41) is 10.7. The van der Waals surface area contributed by atoms with Crippen LogP contribution in [0.4, 0.5) is 11.6 Å². The highest BCUT2D eigenvalue weighted by molar-refractivity contribution is 5.56. The number of rotatable bonds is 4. The Bertz CT molecular complexity index is 703. The van der Waals surface area contributed by atoms with Crippen molar-refractivity contribution in [3.8, 4) is 0 Å². The molecule has 2 aromatic rings. The van der Waals surface area contributed by atoms with E-state index in [0.717, 1.165) is 26.2 Å². The first-order valence-electron chi connectivity index (χ1n) is 7.92. The zero-order valence-corrected chi connectivity index (χ0v) is 13.5. The fourth-order valence-electron chi connectivity index (χ4n) is 3.12. The molecule has 1 aliphatic heterocycles. The maximum atomic E-state index is 10.7. The Hall–Kier alpha value is -2.34. The minimum absolute atomic E-state index is 0.173. The number of aryl methyl sites for hydroxylation is 1. The first-order valence-corrected chi connectivity index (χ1v) is 7.92. The summed E-state index contributed by atoms with van der Waals surface area (Å²) < 4.78 is 5.26. The van der Waals surface area contributed by atoms with Crippen molar-refractivity contribution in [2.75, 3.05) is 31.1 Å². The minimum Gasteiger partial charge on any atom is -0.400 e. The van der Waals surface area contributed by atoms with Gasteiger partial charge < -0.3 is 14.2 Å². The normalized spacial score (nSPS) is 15.8. The molecule has 1 fully saturated rings. The summed E-state index contributed by atoms with van der Waals surface area (Å²) in [6.07, 6.45) is 0. The molecule has 1 saturated heterocycles. The number of benzene rings is 1. The van der Waals surface area contributed by atoms with Crippen molar-refractivity contribution >= 4 is 11.6 Å². The number of piperazine rings is 1. The highest BCUT2D eigenvalue weighted by Crippen LogP contribution is 2.22. The molecule has 0 spiro atoms. The molecule has 6 heteroatoms. The molecule has 2 heterocycles. The molecule has 1 aromatic carbocycles. The van der Waals surface area contributed by atoms with Crippen LogP contribution in [0.3, 0.4) is 0 Å². The van der Waals surface area contributed by atoms with Crippen LogP contribution in [0, 0.1) is 24.0 Å². The second kappa shape index (κ2) is 6.42. The molecule has 0 radical (unpaired) electrons. The van der Waals surface area contributed by atoms with Crippen LogP contribution in [0.15, 0.2) is 34.7 Å². The lowest BCUT2D eigenvalue weighted by Crippen LogP contribution is -3.13. The largest absolute Gasteiger partial charge is 0.433 e. The summed E-state index contributed by atoms with van der Waals surface area (Å²) >= 11 is 0. The van der Waals surface area contributed by atoms with Gasteiger partial charge in [0.05, 0.1) is 32.2 Å². The Morgan fingerprint density at radius 1 is 1.22 bits per heavy atom. The first-order chi connectivity index (χ1) is 11.0. The number of quaternary nitrogens is 1. The van der Waals surface area contributed by atoms with Gasteiger partial charge in [-0.2, -0.15) is 0 Å². The van der Waals surface area contributed by atoms with Gasteiger partial charge in [-0.15, -0.1) is 0 Å². The zero-order chi connectivity index (χ0) is 16.4. The van der Waals surface area contributed by atoms with Gasteiger partial charge in [-0.25, -0.2) is 0 Å². The zero-order valence-electron chi connectivity index (χ0n) is 13.5. The smallest absolute Gasteiger partial charge is 0.400 e. The molecule has 0 atom stereocenters. The average molecular weight is 316 g/mol. The van der Waals surface area contributed by atoms with Gasteiger partial charge >= 0.3 is 5.88 Å². The van der Waals surface area contributed by atoms with Crippen LogP contribution >= 0.6 is 0 Å². The van der Waals surface area contributed by atoms with Gasteiger partial charge in [0.1, 0.15) is 11.5 Å². The lowest BCUT2D eigenvalue weighted by atomic mass is 10.1. The Morgan fingerprint density at radius 2 is 1.96 bits per heavy atom. The predicted molar refractivity (Wildman–Crippen MR) is 87.9 cm³/mol. The quantitative estimate of drug-likeness (QED) is 0.689. The molecule has 6 nitrogen and oxygen atoms in total. The van der Waals surface area contributed by atoms with E-state index in [1.807, 2.05) is 0 Å². The lowest BCUT2D eigenvalue weighted by Gasteiger charge is -2.34. The van der Waals surface area contributed by atoms with E-state index < -0.39 is 4.92 Å². The van der Waals surface area contributed by atoms with E-state index in [0.29, 0.717) is 12.3 Å². The van der Waals surface area contributed by atoms with Gasteiger partial charge in [0.25, 0.3) is 0 Å². The second-order valence-corrected chi connectivity index (χ2v) is 6.13. The van der Waals surface area contributed by atoms with Gasteiger partial charge in [-0.05, 0) is 37.1 Å². The molecule has 0 unspecified atom stereocenters. The van der Waals surface area contributed by atoms with E-state index in [2.05, 4.69) is 36.9 Å². The van der Waals surface area contributed by atoms with Gasteiger partial charge in [0.2, 0.25) is 0 Å². The first kappa shape index (κ1) is 15.6. The third-order valence-electron chi connectivity index (χ3n) is 4.64. The molecule has 23 heavy (non-hydrogen) atoms. The van der Waals surface area contributed by atoms with Crippen LogP contribution in [0.2, 0.25) is 0 Å². The van der Waals surface area contributed by atoms with Crippen LogP contribution in [-0.2, 0) is 6.54 Å². The Balaban J connectivity index is 1.59. The van der Waals surface area contributed by atoms with Crippen LogP contribution in [0.1, 0.15) is 16.9 Å². The van der Waals surface area contributed by atoms with E-state index in [4.69, 9.17) is 4.42 Å². The lowest BCUT2D eigenvalue weighted by molar-refractivity contribution is -0.915. The molecule has 1 N–H and O–H groups in total. The van der Waals surface area contributed by atoms with Crippen molar-refractivity contribution in [3.05, 3.63) is 57.3 Å². The average Bonchev–Trinajstić information content (AvgIpc) is 3.00. The topological polar surface area (TPSA) is 64.0 Å². The maximum absolute atomic E-state index is 10.7. The summed E-state index contributed by atoms with van der Waals surface area (Å²) in [5.41, 5.74) is 3.98. The van der Waals surface area contributed by atoms with E-state index in [1.54, 1.807) is 6.07 Å². The van der Waals surface area contributed by atoms with Crippen molar-refractivity contribution in [3.63, 3.8) is 0 Å². The van der Waals surface area contributed by atoms with Crippen LogP contribution in [-0.4, -0.2) is 31.1 Å². The number of nitrogens with one attached hydrogen (secondary N) is 1. The summed E-state index contributed by atoms with van der Waals surface area (Å²) in [5.74, 6) is 0.514. The molecule has 0 saturated carbocycles. The van der Waals surface area contributed by atoms with Crippen molar-refractivity contribution in [1.29, 1.82) is 0 Å². The molecule has 1 aromatic heterocycles. The number of anilines is 1.